The molecule has 2 fully saturated rings. The van der Waals surface area contributed by atoms with Gasteiger partial charge in [0.25, 0.3) is 0 Å². The van der Waals surface area contributed by atoms with Crippen molar-refractivity contribution in [3.63, 3.8) is 0 Å². The molecule has 2 amide bonds. The predicted octanol–water partition coefficient (Wildman–Crippen LogP) is 5.09. The first kappa shape index (κ1) is 25.1. The predicted molar refractivity (Wildman–Crippen MR) is 145 cm³/mol. The third kappa shape index (κ3) is 3.97. The third-order valence-electron chi connectivity index (χ3n) is 9.68. The van der Waals surface area contributed by atoms with Gasteiger partial charge in [-0.1, -0.05) is 30.7 Å². The number of rotatable bonds is 2. The van der Waals surface area contributed by atoms with E-state index >= 15 is 0 Å². The molecular weight excluding hydrogens is 510 g/mol. The molecule has 7 rings (SSSR count). The van der Waals surface area contributed by atoms with Crippen molar-refractivity contribution in [2.75, 3.05) is 11.9 Å². The minimum Gasteiger partial charge on any atom is -0.327 e. The van der Waals surface area contributed by atoms with Crippen LogP contribution in [0.15, 0.2) is 54.4 Å². The summed E-state index contributed by atoms with van der Waals surface area (Å²) in [5, 5.41) is 2.91. The zero-order valence-electron chi connectivity index (χ0n) is 22.2. The standard InChI is InChI=1S/C32H30F2N4O2/c33-23-14-21(15-24(34)16-23)27-7-10-31(8-1-2-9-31)30(40)38(27)12-4-5-20-13-22-17-32(18-26(22)36-19-20)25-6-3-11-35-28(25)37-29(32)39/h3,6,11,13-14,16,19,21,27H,1-2,7-10,12,15,17-18H2,(H,35,37,39)/t21?,27-,32-/m0/s1. The molecule has 0 aromatic carbocycles. The van der Waals surface area contributed by atoms with Gasteiger partial charge in [0.15, 0.2) is 0 Å². The summed E-state index contributed by atoms with van der Waals surface area (Å²) in [6.45, 7) is 0.199. The maximum atomic E-state index is 14.2. The number of pyridine rings is 2. The van der Waals surface area contributed by atoms with Gasteiger partial charge in [-0.05, 0) is 55.9 Å². The number of hydrogen-bond donors (Lipinski definition) is 1. The SMILES string of the molecule is O=C1N(CC#Cc2cnc3c(c2)C[C@@]2(C3)C(=O)Nc3ncccc32)[C@H](C2C=C(F)C=C(F)C2)CCC12CCCC2. The number of likely N-dealkylation sites (tertiary alicyclic amines) is 1. The number of amides is 2. The molecule has 2 aliphatic heterocycles. The van der Waals surface area contributed by atoms with Gasteiger partial charge in [-0.15, -0.1) is 0 Å². The Kier molecular flexibility index (Phi) is 5.88. The Morgan fingerprint density at radius 1 is 1.12 bits per heavy atom. The quantitative estimate of drug-likeness (QED) is 0.539. The van der Waals surface area contributed by atoms with Crippen LogP contribution in [0.2, 0.25) is 0 Å². The summed E-state index contributed by atoms with van der Waals surface area (Å²) >= 11 is 0. The van der Waals surface area contributed by atoms with E-state index in [2.05, 4.69) is 27.1 Å². The van der Waals surface area contributed by atoms with Gasteiger partial charge in [-0.25, -0.2) is 13.8 Å². The van der Waals surface area contributed by atoms with Gasteiger partial charge in [-0.3, -0.25) is 14.6 Å². The summed E-state index contributed by atoms with van der Waals surface area (Å²) in [6.07, 6.45) is 12.2. The van der Waals surface area contributed by atoms with Crippen molar-refractivity contribution >= 4 is 17.6 Å². The number of anilines is 1. The zero-order chi connectivity index (χ0) is 27.5. The molecule has 1 saturated carbocycles. The van der Waals surface area contributed by atoms with Crippen molar-refractivity contribution in [1.29, 1.82) is 0 Å². The normalized spacial score (nSPS) is 28.1. The molecule has 4 heterocycles. The van der Waals surface area contributed by atoms with E-state index in [1.165, 1.54) is 6.08 Å². The molecule has 1 unspecified atom stereocenters. The van der Waals surface area contributed by atoms with Crippen molar-refractivity contribution < 1.29 is 18.4 Å². The minimum absolute atomic E-state index is 0.0539. The molecule has 5 aliphatic rings. The van der Waals surface area contributed by atoms with Gasteiger partial charge in [0.05, 0.1) is 12.0 Å². The third-order valence-corrected chi connectivity index (χ3v) is 9.68. The van der Waals surface area contributed by atoms with Crippen LogP contribution in [-0.4, -0.2) is 39.3 Å². The highest BCUT2D eigenvalue weighted by atomic mass is 19.1. The van der Waals surface area contributed by atoms with E-state index in [-0.39, 0.29) is 36.2 Å². The number of halogens is 2. The van der Waals surface area contributed by atoms with Crippen LogP contribution < -0.4 is 5.32 Å². The second kappa shape index (κ2) is 9.36. The van der Waals surface area contributed by atoms with Crippen LogP contribution in [0.5, 0.6) is 0 Å². The molecule has 204 valence electrons. The largest absolute Gasteiger partial charge is 0.327 e. The highest BCUT2D eigenvalue weighted by Gasteiger charge is 2.52. The summed E-state index contributed by atoms with van der Waals surface area (Å²) in [6, 6.07) is 5.50. The lowest BCUT2D eigenvalue weighted by atomic mass is 9.72. The van der Waals surface area contributed by atoms with Gasteiger partial charge in [-0.2, -0.15) is 0 Å². The maximum Gasteiger partial charge on any atom is 0.237 e. The lowest BCUT2D eigenvalue weighted by Gasteiger charge is -2.46. The Morgan fingerprint density at radius 2 is 1.98 bits per heavy atom. The second-order valence-corrected chi connectivity index (χ2v) is 12.0. The van der Waals surface area contributed by atoms with Crippen molar-refractivity contribution in [2.24, 2.45) is 11.3 Å². The Hall–Kier alpha value is -3.86. The summed E-state index contributed by atoms with van der Waals surface area (Å²) < 4.78 is 28.3. The van der Waals surface area contributed by atoms with Crippen LogP contribution in [0, 0.1) is 23.2 Å². The molecule has 0 bridgehead atoms. The number of nitrogens with zero attached hydrogens (tertiary/aromatic N) is 3. The van der Waals surface area contributed by atoms with E-state index < -0.39 is 23.0 Å². The van der Waals surface area contributed by atoms with E-state index in [1.807, 2.05) is 18.2 Å². The Balaban J connectivity index is 1.13. The second-order valence-electron chi connectivity index (χ2n) is 12.0. The minimum atomic E-state index is -0.694. The number of piperidine rings is 1. The molecule has 40 heavy (non-hydrogen) atoms. The molecule has 2 aromatic rings. The fourth-order valence-electron chi connectivity index (χ4n) is 7.70. The van der Waals surface area contributed by atoms with Gasteiger partial charge in [0.2, 0.25) is 11.8 Å². The molecule has 6 nitrogen and oxygen atoms in total. The van der Waals surface area contributed by atoms with Crippen molar-refractivity contribution in [3.8, 4) is 11.8 Å². The zero-order valence-corrected chi connectivity index (χ0v) is 22.2. The van der Waals surface area contributed by atoms with Crippen LogP contribution in [0.4, 0.5) is 14.6 Å². The molecule has 1 saturated heterocycles. The number of nitrogens with one attached hydrogen (secondary N) is 1. The van der Waals surface area contributed by atoms with Crippen molar-refractivity contribution in [3.05, 3.63) is 76.8 Å². The molecule has 2 spiro atoms. The summed E-state index contributed by atoms with van der Waals surface area (Å²) in [5.41, 5.74) is 2.43. The first-order chi connectivity index (χ1) is 19.4. The summed E-state index contributed by atoms with van der Waals surface area (Å²) in [4.78, 5) is 37.6. The molecule has 3 aliphatic carbocycles. The monoisotopic (exact) mass is 540 g/mol. The van der Waals surface area contributed by atoms with E-state index in [4.69, 9.17) is 0 Å². The highest BCUT2D eigenvalue weighted by molar-refractivity contribution is 6.06. The summed E-state index contributed by atoms with van der Waals surface area (Å²) in [5.74, 6) is 5.53. The lowest BCUT2D eigenvalue weighted by molar-refractivity contribution is -0.150. The maximum absolute atomic E-state index is 14.2. The number of hydrogen-bond acceptors (Lipinski definition) is 4. The Bertz CT molecular complexity index is 1550. The lowest BCUT2D eigenvalue weighted by Crippen LogP contribution is -2.55. The Labute approximate surface area is 232 Å². The van der Waals surface area contributed by atoms with Crippen molar-refractivity contribution in [1.82, 2.24) is 14.9 Å². The van der Waals surface area contributed by atoms with Crippen LogP contribution >= 0.6 is 0 Å². The average molecular weight is 541 g/mol. The fourth-order valence-corrected chi connectivity index (χ4v) is 7.70. The molecule has 8 heteroatoms. The molecule has 1 N–H and O–H groups in total. The molecule has 3 atom stereocenters. The number of carbonyl (C=O) groups excluding carboxylic acids is 2. The van der Waals surface area contributed by atoms with Crippen LogP contribution in [0.1, 0.15) is 67.3 Å². The molecular formula is C32H30F2N4O2. The first-order valence-corrected chi connectivity index (χ1v) is 14.2. The smallest absolute Gasteiger partial charge is 0.237 e. The number of aromatic nitrogens is 2. The van der Waals surface area contributed by atoms with E-state index in [0.29, 0.717) is 18.7 Å². The van der Waals surface area contributed by atoms with E-state index in [9.17, 15) is 18.4 Å². The van der Waals surface area contributed by atoms with Crippen LogP contribution in [0.25, 0.3) is 0 Å². The van der Waals surface area contributed by atoms with Crippen molar-refractivity contribution in [2.45, 2.75) is 69.2 Å². The number of allylic oxidation sites excluding steroid dienone is 3. The molecule has 0 radical (unpaired) electrons. The van der Waals surface area contributed by atoms with E-state index in [0.717, 1.165) is 67.0 Å². The topological polar surface area (TPSA) is 75.2 Å². The Morgan fingerprint density at radius 3 is 2.80 bits per heavy atom. The van der Waals surface area contributed by atoms with Gasteiger partial charge in [0, 0.05) is 65.5 Å². The number of fused-ring (bicyclic) bond motifs is 3. The fraction of sp³-hybridized carbons (Fsp3) is 0.438. The first-order valence-electron chi connectivity index (χ1n) is 14.2. The average Bonchev–Trinajstić information content (AvgIpc) is 3.63. The van der Waals surface area contributed by atoms with Gasteiger partial charge < -0.3 is 10.2 Å². The number of carbonyl (C=O) groups is 2. The molecule has 2 aromatic heterocycles. The van der Waals surface area contributed by atoms with Gasteiger partial charge >= 0.3 is 0 Å². The van der Waals surface area contributed by atoms with Crippen LogP contribution in [-0.2, 0) is 27.8 Å². The van der Waals surface area contributed by atoms with Gasteiger partial charge in [0.1, 0.15) is 17.5 Å². The summed E-state index contributed by atoms with van der Waals surface area (Å²) in [7, 11) is 0. The highest BCUT2D eigenvalue weighted by Crippen LogP contribution is 2.49. The van der Waals surface area contributed by atoms with Crippen LogP contribution in [0.3, 0.4) is 0 Å². The van der Waals surface area contributed by atoms with E-state index in [1.54, 1.807) is 17.3 Å².